The number of benzene rings is 1. The molecular weight excluding hydrogens is 340 g/mol. The fourth-order valence-corrected chi connectivity index (χ4v) is 3.75. The highest BCUT2D eigenvalue weighted by Gasteiger charge is 2.25. The summed E-state index contributed by atoms with van der Waals surface area (Å²) in [6, 6.07) is 13.8. The zero-order valence-electron chi connectivity index (χ0n) is 15.0. The highest BCUT2D eigenvalue weighted by Crippen LogP contribution is 2.30. The topological polar surface area (TPSA) is 82.1 Å². The van der Waals surface area contributed by atoms with Gasteiger partial charge in [0, 0.05) is 37.3 Å². The van der Waals surface area contributed by atoms with Gasteiger partial charge in [-0.25, -0.2) is 9.78 Å². The van der Waals surface area contributed by atoms with Gasteiger partial charge in [-0.05, 0) is 36.1 Å². The number of aromatic nitrogens is 3. The van der Waals surface area contributed by atoms with E-state index in [9.17, 15) is 4.79 Å². The third-order valence-electron chi connectivity index (χ3n) is 5.14. The van der Waals surface area contributed by atoms with Crippen molar-refractivity contribution >= 4 is 11.8 Å². The van der Waals surface area contributed by atoms with Gasteiger partial charge in [0.05, 0.1) is 11.8 Å². The summed E-state index contributed by atoms with van der Waals surface area (Å²) in [5.41, 5.74) is 3.93. The Morgan fingerprint density at radius 2 is 2.04 bits per heavy atom. The summed E-state index contributed by atoms with van der Waals surface area (Å²) in [5, 5.41) is 16.6. The summed E-state index contributed by atoms with van der Waals surface area (Å²) in [7, 11) is 0. The summed E-state index contributed by atoms with van der Waals surface area (Å²) in [6.45, 7) is 1.78. The third kappa shape index (κ3) is 3.84. The first-order chi connectivity index (χ1) is 13.2. The average Bonchev–Trinajstić information content (AvgIpc) is 3.17. The van der Waals surface area contributed by atoms with Crippen LogP contribution < -0.4 is 4.90 Å². The fourth-order valence-electron chi connectivity index (χ4n) is 3.75. The monoisotopic (exact) mass is 362 g/mol. The van der Waals surface area contributed by atoms with Gasteiger partial charge in [-0.1, -0.05) is 30.3 Å². The molecule has 4 rings (SSSR count). The van der Waals surface area contributed by atoms with Crippen molar-refractivity contribution in [2.24, 2.45) is 0 Å². The number of H-pyrrole nitrogens is 1. The van der Waals surface area contributed by atoms with E-state index in [1.165, 1.54) is 23.0 Å². The van der Waals surface area contributed by atoms with Crippen molar-refractivity contribution in [2.75, 3.05) is 18.0 Å². The van der Waals surface area contributed by atoms with E-state index in [0.717, 1.165) is 38.2 Å². The Morgan fingerprint density at radius 1 is 1.19 bits per heavy atom. The Balaban J connectivity index is 1.50. The van der Waals surface area contributed by atoms with Gasteiger partial charge in [-0.15, -0.1) is 0 Å². The van der Waals surface area contributed by atoms with Crippen LogP contribution in [0.25, 0.3) is 0 Å². The molecule has 1 fully saturated rings. The molecule has 2 N–H and O–H groups in total. The molecule has 1 aromatic carbocycles. The maximum Gasteiger partial charge on any atom is 0.337 e. The molecule has 1 aliphatic heterocycles. The Labute approximate surface area is 157 Å². The molecule has 6 heteroatoms. The normalized spacial score (nSPS) is 17.0. The van der Waals surface area contributed by atoms with Crippen LogP contribution in [-0.4, -0.2) is 39.3 Å². The summed E-state index contributed by atoms with van der Waals surface area (Å²) in [5.74, 6) is 0.239. The van der Waals surface area contributed by atoms with Crippen LogP contribution in [0.2, 0.25) is 0 Å². The lowest BCUT2D eigenvalue weighted by Gasteiger charge is -2.33. The van der Waals surface area contributed by atoms with Crippen LogP contribution in [-0.2, 0) is 6.42 Å². The zero-order valence-corrected chi connectivity index (χ0v) is 15.0. The molecule has 0 amide bonds. The Morgan fingerprint density at radius 3 is 2.78 bits per heavy atom. The van der Waals surface area contributed by atoms with Crippen molar-refractivity contribution in [3.8, 4) is 0 Å². The number of carbonyl (C=O) groups is 1. The first kappa shape index (κ1) is 17.3. The first-order valence-corrected chi connectivity index (χ1v) is 9.21. The second-order valence-electron chi connectivity index (χ2n) is 6.97. The molecule has 2 aromatic heterocycles. The summed E-state index contributed by atoms with van der Waals surface area (Å²) in [4.78, 5) is 17.6. The number of rotatable bonds is 5. The Hall–Kier alpha value is -3.15. The summed E-state index contributed by atoms with van der Waals surface area (Å²) >= 11 is 0. The third-order valence-corrected chi connectivity index (χ3v) is 5.14. The maximum absolute atomic E-state index is 11.0. The van der Waals surface area contributed by atoms with Crippen molar-refractivity contribution in [1.29, 1.82) is 0 Å². The number of hydrogen-bond donors (Lipinski definition) is 2. The molecule has 27 heavy (non-hydrogen) atoms. The first-order valence-electron chi connectivity index (χ1n) is 9.21. The van der Waals surface area contributed by atoms with E-state index in [2.05, 4.69) is 44.3 Å². The number of carboxylic acid groups (broad SMARTS) is 1. The van der Waals surface area contributed by atoms with Gasteiger partial charge >= 0.3 is 5.97 Å². The van der Waals surface area contributed by atoms with Crippen LogP contribution in [0.5, 0.6) is 0 Å². The predicted molar refractivity (Wildman–Crippen MR) is 103 cm³/mol. The van der Waals surface area contributed by atoms with Crippen LogP contribution in [0, 0.1) is 0 Å². The van der Waals surface area contributed by atoms with E-state index in [4.69, 9.17) is 5.11 Å². The molecule has 1 aliphatic rings. The molecule has 1 atom stereocenters. The second kappa shape index (κ2) is 7.61. The van der Waals surface area contributed by atoms with Crippen LogP contribution in [0.15, 0.2) is 54.9 Å². The SMILES string of the molecule is O=C(O)c1ccc(N2CCCC(c3[nH]ncc3Cc3ccccc3)C2)nc1. The summed E-state index contributed by atoms with van der Waals surface area (Å²) in [6.07, 6.45) is 6.40. The average molecular weight is 362 g/mol. The van der Waals surface area contributed by atoms with Crippen molar-refractivity contribution in [2.45, 2.75) is 25.2 Å². The fraction of sp³-hybridized carbons (Fsp3) is 0.286. The molecular formula is C21H22N4O2. The van der Waals surface area contributed by atoms with Crippen LogP contribution in [0.1, 0.15) is 45.9 Å². The van der Waals surface area contributed by atoms with E-state index in [1.54, 1.807) is 12.1 Å². The van der Waals surface area contributed by atoms with Gasteiger partial charge in [-0.3, -0.25) is 5.10 Å². The molecule has 1 saturated heterocycles. The number of anilines is 1. The number of aromatic amines is 1. The van der Waals surface area contributed by atoms with Gasteiger partial charge < -0.3 is 10.0 Å². The predicted octanol–water partition coefficient (Wildman–Crippen LogP) is 3.48. The number of pyridine rings is 1. The maximum atomic E-state index is 11.0. The number of nitrogens with one attached hydrogen (secondary N) is 1. The van der Waals surface area contributed by atoms with Crippen molar-refractivity contribution in [3.63, 3.8) is 0 Å². The van der Waals surface area contributed by atoms with Crippen LogP contribution >= 0.6 is 0 Å². The molecule has 6 nitrogen and oxygen atoms in total. The second-order valence-corrected chi connectivity index (χ2v) is 6.97. The largest absolute Gasteiger partial charge is 0.478 e. The molecule has 0 bridgehead atoms. The minimum atomic E-state index is -0.950. The zero-order chi connectivity index (χ0) is 18.6. The van der Waals surface area contributed by atoms with Gasteiger partial charge in [0.25, 0.3) is 0 Å². The molecule has 0 saturated carbocycles. The van der Waals surface area contributed by atoms with E-state index >= 15 is 0 Å². The van der Waals surface area contributed by atoms with Gasteiger partial charge in [-0.2, -0.15) is 5.10 Å². The van der Waals surface area contributed by atoms with Crippen molar-refractivity contribution < 1.29 is 9.90 Å². The molecule has 138 valence electrons. The minimum absolute atomic E-state index is 0.214. The number of nitrogens with zero attached hydrogens (tertiary/aromatic N) is 3. The molecule has 0 aliphatic carbocycles. The minimum Gasteiger partial charge on any atom is -0.478 e. The highest BCUT2D eigenvalue weighted by molar-refractivity contribution is 5.87. The molecule has 3 aromatic rings. The van der Waals surface area contributed by atoms with Gasteiger partial charge in [0.2, 0.25) is 0 Å². The number of piperidine rings is 1. The van der Waals surface area contributed by atoms with Gasteiger partial charge in [0.1, 0.15) is 5.82 Å². The van der Waals surface area contributed by atoms with E-state index in [0.29, 0.717) is 5.92 Å². The van der Waals surface area contributed by atoms with Crippen molar-refractivity contribution in [1.82, 2.24) is 15.2 Å². The van der Waals surface area contributed by atoms with Crippen LogP contribution in [0.3, 0.4) is 0 Å². The smallest absolute Gasteiger partial charge is 0.337 e. The highest BCUT2D eigenvalue weighted by atomic mass is 16.4. The van der Waals surface area contributed by atoms with Gasteiger partial charge in [0.15, 0.2) is 0 Å². The lowest BCUT2D eigenvalue weighted by atomic mass is 9.91. The Kier molecular flexibility index (Phi) is 4.87. The standard InChI is InChI=1S/C21H22N4O2/c26-21(27)16-8-9-19(22-12-16)25-10-4-7-17(14-25)20-18(13-23-24-20)11-15-5-2-1-3-6-15/h1-3,5-6,8-9,12-13,17H,4,7,10-11,14H2,(H,23,24)(H,26,27). The molecule has 3 heterocycles. The lowest BCUT2D eigenvalue weighted by Crippen LogP contribution is -2.35. The number of hydrogen-bond acceptors (Lipinski definition) is 4. The molecule has 1 unspecified atom stereocenters. The van der Waals surface area contributed by atoms with E-state index < -0.39 is 5.97 Å². The molecule has 0 radical (unpaired) electrons. The molecule has 0 spiro atoms. The van der Waals surface area contributed by atoms with E-state index in [1.807, 2.05) is 12.3 Å². The van der Waals surface area contributed by atoms with Crippen molar-refractivity contribution in [3.05, 3.63) is 77.2 Å². The number of aromatic carboxylic acids is 1. The lowest BCUT2D eigenvalue weighted by molar-refractivity contribution is 0.0696. The van der Waals surface area contributed by atoms with Crippen LogP contribution in [0.4, 0.5) is 5.82 Å². The van der Waals surface area contributed by atoms with E-state index in [-0.39, 0.29) is 5.56 Å². The summed E-state index contributed by atoms with van der Waals surface area (Å²) < 4.78 is 0. The quantitative estimate of drug-likeness (QED) is 0.726. The Bertz CT molecular complexity index is 905. The number of carboxylic acids is 1.